The number of ether oxygens (including phenoxy) is 1. The second-order valence-corrected chi connectivity index (χ2v) is 5.86. The Morgan fingerprint density at radius 3 is 2.41 bits per heavy atom. The number of nitrogens with one attached hydrogen (secondary N) is 1. The highest BCUT2D eigenvalue weighted by molar-refractivity contribution is 9.10. The number of halogens is 1. The van der Waals surface area contributed by atoms with Gasteiger partial charge in [-0.15, -0.1) is 11.3 Å². The van der Waals surface area contributed by atoms with Crippen LogP contribution >= 0.6 is 27.3 Å². The summed E-state index contributed by atoms with van der Waals surface area (Å²) in [6.07, 6.45) is 2.01. The summed E-state index contributed by atoms with van der Waals surface area (Å²) in [4.78, 5) is 1.32. The van der Waals surface area contributed by atoms with E-state index >= 15 is 0 Å². The second-order valence-electron chi connectivity index (χ2n) is 4.06. The predicted molar refractivity (Wildman–Crippen MR) is 78.8 cm³/mol. The number of likely N-dealkylation sites (N-methyl/N-ethyl adjacent to an activating group) is 1. The minimum atomic E-state index is -0.114. The third-order valence-corrected chi connectivity index (χ3v) is 5.29. The van der Waals surface area contributed by atoms with E-state index in [1.807, 2.05) is 7.05 Å². The van der Waals surface area contributed by atoms with Crippen molar-refractivity contribution in [3.8, 4) is 0 Å². The van der Waals surface area contributed by atoms with E-state index in [9.17, 15) is 0 Å². The Morgan fingerprint density at radius 1 is 1.41 bits per heavy atom. The maximum atomic E-state index is 6.08. The van der Waals surface area contributed by atoms with Gasteiger partial charge < -0.3 is 10.1 Å². The van der Waals surface area contributed by atoms with Gasteiger partial charge in [0.2, 0.25) is 0 Å². The first-order chi connectivity index (χ1) is 8.15. The van der Waals surface area contributed by atoms with E-state index in [1.165, 1.54) is 9.35 Å². The fourth-order valence-corrected chi connectivity index (χ4v) is 4.19. The second kappa shape index (κ2) is 6.88. The third kappa shape index (κ3) is 3.11. The highest BCUT2D eigenvalue weighted by atomic mass is 79.9. The van der Waals surface area contributed by atoms with Crippen LogP contribution in [0.3, 0.4) is 0 Å². The normalized spacial score (nSPS) is 13.9. The largest absolute Gasteiger partial charge is 0.373 e. The number of thiophene rings is 1. The minimum Gasteiger partial charge on any atom is -0.373 e. The summed E-state index contributed by atoms with van der Waals surface area (Å²) in [6.45, 7) is 7.22. The van der Waals surface area contributed by atoms with Gasteiger partial charge in [0, 0.05) is 16.0 Å². The summed E-state index contributed by atoms with van der Waals surface area (Å²) in [6, 6.07) is 2.35. The van der Waals surface area contributed by atoms with Crippen LogP contribution in [0.1, 0.15) is 44.5 Å². The highest BCUT2D eigenvalue weighted by Crippen LogP contribution is 2.40. The van der Waals surface area contributed by atoms with Crippen LogP contribution in [0.5, 0.6) is 0 Å². The van der Waals surface area contributed by atoms with Gasteiger partial charge in [-0.2, -0.15) is 0 Å². The van der Waals surface area contributed by atoms with E-state index in [2.05, 4.69) is 53.5 Å². The minimum absolute atomic E-state index is 0.114. The average molecular weight is 320 g/mol. The summed E-state index contributed by atoms with van der Waals surface area (Å²) in [5.41, 5.74) is -0.114. The molecule has 0 aliphatic rings. The molecular formula is C13H22BrNOS. The molecule has 1 atom stereocenters. The molecule has 1 N–H and O–H groups in total. The fraction of sp³-hybridized carbons (Fsp3) is 0.692. The van der Waals surface area contributed by atoms with Crippen LogP contribution in [0.25, 0.3) is 0 Å². The summed E-state index contributed by atoms with van der Waals surface area (Å²) in [5.74, 6) is 0. The van der Waals surface area contributed by atoms with Gasteiger partial charge in [-0.25, -0.2) is 0 Å². The predicted octanol–water partition coefficient (Wildman–Crippen LogP) is 4.37. The van der Waals surface area contributed by atoms with Crippen molar-refractivity contribution in [1.82, 2.24) is 5.32 Å². The van der Waals surface area contributed by atoms with Crippen molar-refractivity contribution in [3.05, 3.63) is 20.8 Å². The topological polar surface area (TPSA) is 21.3 Å². The van der Waals surface area contributed by atoms with Crippen molar-refractivity contribution in [2.24, 2.45) is 0 Å². The quantitative estimate of drug-likeness (QED) is 0.806. The van der Waals surface area contributed by atoms with Crippen molar-refractivity contribution in [1.29, 1.82) is 0 Å². The zero-order valence-corrected chi connectivity index (χ0v) is 13.5. The molecule has 4 heteroatoms. The molecule has 1 rings (SSSR count). The molecule has 0 saturated carbocycles. The molecular weight excluding hydrogens is 298 g/mol. The summed E-state index contributed by atoms with van der Waals surface area (Å²) in [5, 5.41) is 5.55. The summed E-state index contributed by atoms with van der Waals surface area (Å²) >= 11 is 5.40. The molecule has 17 heavy (non-hydrogen) atoms. The zero-order valence-electron chi connectivity index (χ0n) is 11.0. The Kier molecular flexibility index (Phi) is 6.13. The van der Waals surface area contributed by atoms with E-state index in [0.717, 1.165) is 19.4 Å². The van der Waals surface area contributed by atoms with Crippen molar-refractivity contribution < 1.29 is 4.74 Å². The molecule has 0 aromatic carbocycles. The van der Waals surface area contributed by atoms with Crippen LogP contribution in [-0.2, 0) is 4.74 Å². The molecule has 1 aromatic rings. The van der Waals surface area contributed by atoms with Crippen molar-refractivity contribution >= 4 is 27.3 Å². The SMILES string of the molecule is CCOC(CC)(CC)C(NC)c1sccc1Br. The van der Waals surface area contributed by atoms with Crippen LogP contribution in [0.15, 0.2) is 15.9 Å². The van der Waals surface area contributed by atoms with Crippen molar-refractivity contribution in [2.75, 3.05) is 13.7 Å². The summed E-state index contributed by atoms with van der Waals surface area (Å²) in [7, 11) is 2.01. The maximum Gasteiger partial charge on any atom is 0.0879 e. The molecule has 0 spiro atoms. The van der Waals surface area contributed by atoms with Gasteiger partial charge in [-0.05, 0) is 54.2 Å². The molecule has 0 bridgehead atoms. The zero-order chi connectivity index (χ0) is 12.9. The Balaban J connectivity index is 3.09. The van der Waals surface area contributed by atoms with E-state index < -0.39 is 0 Å². The lowest BCUT2D eigenvalue weighted by Crippen LogP contribution is -2.44. The highest BCUT2D eigenvalue weighted by Gasteiger charge is 2.38. The molecule has 0 amide bonds. The lowest BCUT2D eigenvalue weighted by Gasteiger charge is -2.39. The maximum absolute atomic E-state index is 6.08. The molecule has 0 aliphatic heterocycles. The van der Waals surface area contributed by atoms with E-state index in [0.29, 0.717) is 0 Å². The molecule has 0 fully saturated rings. The molecule has 0 saturated heterocycles. The van der Waals surface area contributed by atoms with Gasteiger partial charge in [0.1, 0.15) is 0 Å². The first kappa shape index (κ1) is 15.2. The standard InChI is InChI=1S/C13H22BrNOS/c1-5-13(6-2,16-7-3)12(15-4)11-10(14)8-9-17-11/h8-9,12,15H,5-7H2,1-4H3. The average Bonchev–Trinajstić information content (AvgIpc) is 2.75. The number of hydrogen-bond acceptors (Lipinski definition) is 3. The molecule has 1 unspecified atom stereocenters. The molecule has 98 valence electrons. The first-order valence-corrected chi connectivity index (χ1v) is 7.86. The lowest BCUT2D eigenvalue weighted by molar-refractivity contribution is -0.0711. The Bertz CT molecular complexity index is 336. The molecule has 1 heterocycles. The lowest BCUT2D eigenvalue weighted by atomic mass is 9.87. The van der Waals surface area contributed by atoms with Crippen LogP contribution < -0.4 is 5.32 Å². The summed E-state index contributed by atoms with van der Waals surface area (Å²) < 4.78 is 7.26. The number of hydrogen-bond donors (Lipinski definition) is 1. The Morgan fingerprint density at radius 2 is 2.06 bits per heavy atom. The third-order valence-electron chi connectivity index (χ3n) is 3.35. The van der Waals surface area contributed by atoms with Gasteiger partial charge in [0.05, 0.1) is 11.6 Å². The van der Waals surface area contributed by atoms with Gasteiger partial charge in [0.25, 0.3) is 0 Å². The smallest absolute Gasteiger partial charge is 0.0879 e. The van der Waals surface area contributed by atoms with Crippen molar-refractivity contribution in [3.63, 3.8) is 0 Å². The Hall–Kier alpha value is 0.100. The van der Waals surface area contributed by atoms with Gasteiger partial charge >= 0.3 is 0 Å². The van der Waals surface area contributed by atoms with Gasteiger partial charge in [0.15, 0.2) is 0 Å². The van der Waals surface area contributed by atoms with E-state index in [4.69, 9.17) is 4.74 Å². The van der Waals surface area contributed by atoms with Crippen LogP contribution in [0, 0.1) is 0 Å². The van der Waals surface area contributed by atoms with Crippen LogP contribution in [-0.4, -0.2) is 19.3 Å². The monoisotopic (exact) mass is 319 g/mol. The van der Waals surface area contributed by atoms with Crippen LogP contribution in [0.4, 0.5) is 0 Å². The molecule has 0 aliphatic carbocycles. The fourth-order valence-electron chi connectivity index (χ4n) is 2.38. The van der Waals surface area contributed by atoms with E-state index in [1.54, 1.807) is 11.3 Å². The van der Waals surface area contributed by atoms with Crippen LogP contribution in [0.2, 0.25) is 0 Å². The number of rotatable bonds is 7. The molecule has 0 radical (unpaired) electrons. The van der Waals surface area contributed by atoms with E-state index in [-0.39, 0.29) is 11.6 Å². The first-order valence-electron chi connectivity index (χ1n) is 6.19. The van der Waals surface area contributed by atoms with Crippen molar-refractivity contribution in [2.45, 2.75) is 45.3 Å². The van der Waals surface area contributed by atoms with Gasteiger partial charge in [-0.1, -0.05) is 13.8 Å². The Labute approximate surface area is 117 Å². The molecule has 1 aromatic heterocycles. The molecule has 2 nitrogen and oxygen atoms in total. The van der Waals surface area contributed by atoms with Gasteiger partial charge in [-0.3, -0.25) is 0 Å².